The number of hydrogen-bond donors (Lipinski definition) is 2. The van der Waals surface area contributed by atoms with Crippen LogP contribution >= 0.6 is 23.2 Å². The van der Waals surface area contributed by atoms with E-state index in [9.17, 15) is 9.59 Å². The number of benzene rings is 2. The van der Waals surface area contributed by atoms with Gasteiger partial charge in [0.05, 0.1) is 35.6 Å². The molecule has 3 aromatic rings. The molecule has 0 aliphatic heterocycles. The van der Waals surface area contributed by atoms with Crippen molar-refractivity contribution < 1.29 is 19.1 Å². The van der Waals surface area contributed by atoms with Gasteiger partial charge in [0.1, 0.15) is 23.9 Å². The predicted molar refractivity (Wildman–Crippen MR) is 156 cm³/mol. The molecule has 0 saturated carbocycles. The van der Waals surface area contributed by atoms with Gasteiger partial charge in [-0.3, -0.25) is 4.79 Å². The van der Waals surface area contributed by atoms with Gasteiger partial charge in [0, 0.05) is 41.9 Å². The summed E-state index contributed by atoms with van der Waals surface area (Å²) in [6, 6.07) is 11.6. The van der Waals surface area contributed by atoms with Crippen molar-refractivity contribution in [2.24, 2.45) is 0 Å². The summed E-state index contributed by atoms with van der Waals surface area (Å²) in [6.45, 7) is 8.35. The number of hydrogen-bond acceptors (Lipinski definition) is 5. The van der Waals surface area contributed by atoms with Crippen LogP contribution in [0, 0.1) is 0 Å². The Kier molecular flexibility index (Phi) is 10.1. The summed E-state index contributed by atoms with van der Waals surface area (Å²) in [6.07, 6.45) is 1.59. The highest BCUT2D eigenvalue weighted by Crippen LogP contribution is 2.30. The van der Waals surface area contributed by atoms with E-state index in [2.05, 4.69) is 10.6 Å². The lowest BCUT2D eigenvalue weighted by atomic mass is 9.92. The minimum absolute atomic E-state index is 0.162. The molecule has 0 aliphatic carbocycles. The van der Waals surface area contributed by atoms with E-state index in [0.29, 0.717) is 45.3 Å². The first kappa shape index (κ1) is 30.1. The average molecular weight is 577 g/mol. The summed E-state index contributed by atoms with van der Waals surface area (Å²) < 4.78 is 12.2. The summed E-state index contributed by atoms with van der Waals surface area (Å²) in [5.41, 5.74) is 1.64. The molecule has 210 valence electrons. The number of nitrogens with one attached hydrogen (secondary N) is 2. The van der Waals surface area contributed by atoms with Crippen molar-refractivity contribution in [3.05, 3.63) is 58.2 Å². The van der Waals surface area contributed by atoms with E-state index >= 15 is 0 Å². The van der Waals surface area contributed by atoms with E-state index in [1.807, 2.05) is 33.8 Å². The first-order chi connectivity index (χ1) is 18.4. The van der Waals surface area contributed by atoms with Gasteiger partial charge in [-0.1, -0.05) is 57.3 Å². The van der Waals surface area contributed by atoms with Crippen LogP contribution < -0.4 is 20.1 Å². The van der Waals surface area contributed by atoms with Gasteiger partial charge >= 0.3 is 6.03 Å². The maximum Gasteiger partial charge on any atom is 0.322 e. The van der Waals surface area contributed by atoms with E-state index in [0.717, 1.165) is 18.5 Å². The summed E-state index contributed by atoms with van der Waals surface area (Å²) in [4.78, 5) is 27.9. The minimum atomic E-state index is -0.415. The molecule has 0 bridgehead atoms. The highest BCUT2D eigenvalue weighted by atomic mass is 35.5. The largest absolute Gasteiger partial charge is 0.497 e. The Morgan fingerprint density at radius 2 is 1.64 bits per heavy atom. The number of nitrogens with zero attached hydrogens (tertiary/aromatic N) is 3. The zero-order chi connectivity index (χ0) is 28.7. The van der Waals surface area contributed by atoms with Crippen molar-refractivity contribution in [1.29, 1.82) is 0 Å². The van der Waals surface area contributed by atoms with Crippen molar-refractivity contribution in [2.75, 3.05) is 37.9 Å². The van der Waals surface area contributed by atoms with Crippen LogP contribution in [-0.4, -0.2) is 53.9 Å². The quantitative estimate of drug-likeness (QED) is 0.278. The number of urea groups is 1. The van der Waals surface area contributed by atoms with E-state index < -0.39 is 6.03 Å². The highest BCUT2D eigenvalue weighted by Gasteiger charge is 2.23. The first-order valence-corrected chi connectivity index (χ1v) is 13.4. The van der Waals surface area contributed by atoms with Crippen LogP contribution in [0.1, 0.15) is 46.2 Å². The molecular weight excluding hydrogens is 541 g/mol. The molecule has 1 heterocycles. The molecular formula is C28H35Cl2N5O4. The van der Waals surface area contributed by atoms with Crippen LogP contribution in [-0.2, 0) is 10.2 Å². The van der Waals surface area contributed by atoms with Crippen LogP contribution in [0.3, 0.4) is 0 Å². The van der Waals surface area contributed by atoms with Gasteiger partial charge in [-0.25, -0.2) is 9.48 Å². The summed E-state index contributed by atoms with van der Waals surface area (Å²) in [7, 11) is 3.07. The molecule has 11 heteroatoms. The summed E-state index contributed by atoms with van der Waals surface area (Å²) in [5.74, 6) is 1.16. The molecule has 0 unspecified atom stereocenters. The molecule has 0 spiro atoms. The van der Waals surface area contributed by atoms with Crippen molar-refractivity contribution in [3.8, 4) is 17.2 Å². The monoisotopic (exact) mass is 575 g/mol. The maximum atomic E-state index is 13.2. The third-order valence-electron chi connectivity index (χ3n) is 5.90. The number of carbonyl (C=O) groups excluding carboxylic acids is 2. The van der Waals surface area contributed by atoms with E-state index in [1.165, 1.54) is 19.1 Å². The summed E-state index contributed by atoms with van der Waals surface area (Å²) >= 11 is 12.3. The molecule has 9 nitrogen and oxygen atoms in total. The van der Waals surface area contributed by atoms with Crippen LogP contribution in [0.25, 0.3) is 5.69 Å². The Hall–Kier alpha value is -3.43. The minimum Gasteiger partial charge on any atom is -0.497 e. The molecule has 3 rings (SSSR count). The molecule has 3 amide bonds. The number of amides is 3. The Morgan fingerprint density at radius 1 is 0.974 bits per heavy atom. The van der Waals surface area contributed by atoms with Gasteiger partial charge in [0.15, 0.2) is 0 Å². The lowest BCUT2D eigenvalue weighted by Gasteiger charge is -2.23. The van der Waals surface area contributed by atoms with Gasteiger partial charge in [-0.15, -0.1) is 0 Å². The number of carbonyl (C=O) groups is 2. The number of methoxy groups -OCH3 is 2. The number of anilines is 2. The van der Waals surface area contributed by atoms with Gasteiger partial charge in [0.2, 0.25) is 5.91 Å². The van der Waals surface area contributed by atoms with E-state index in [4.69, 9.17) is 37.8 Å². The second kappa shape index (κ2) is 13.1. The predicted octanol–water partition coefficient (Wildman–Crippen LogP) is 6.77. The van der Waals surface area contributed by atoms with Gasteiger partial charge in [-0.2, -0.15) is 5.10 Å². The van der Waals surface area contributed by atoms with Crippen molar-refractivity contribution in [3.63, 3.8) is 0 Å². The van der Waals surface area contributed by atoms with Crippen molar-refractivity contribution in [2.45, 2.75) is 46.0 Å². The zero-order valence-corrected chi connectivity index (χ0v) is 24.6. The maximum absolute atomic E-state index is 13.2. The molecule has 0 saturated heterocycles. The molecule has 0 atom stereocenters. The number of rotatable bonds is 10. The van der Waals surface area contributed by atoms with Crippen LogP contribution in [0.2, 0.25) is 10.0 Å². The molecule has 0 fully saturated rings. The average Bonchev–Trinajstić information content (AvgIpc) is 3.32. The van der Waals surface area contributed by atoms with Crippen molar-refractivity contribution >= 4 is 46.6 Å². The van der Waals surface area contributed by atoms with Crippen LogP contribution in [0.4, 0.5) is 16.3 Å². The smallest absolute Gasteiger partial charge is 0.322 e. The fourth-order valence-electron chi connectivity index (χ4n) is 3.69. The molecule has 2 aromatic carbocycles. The zero-order valence-electron chi connectivity index (χ0n) is 23.1. The third-order valence-corrected chi connectivity index (χ3v) is 6.64. The third kappa shape index (κ3) is 8.03. The van der Waals surface area contributed by atoms with Gasteiger partial charge in [0.25, 0.3) is 0 Å². The van der Waals surface area contributed by atoms with Gasteiger partial charge in [-0.05, 0) is 24.6 Å². The second-order valence-corrected chi connectivity index (χ2v) is 10.8. The number of halogens is 2. The van der Waals surface area contributed by atoms with E-state index in [-0.39, 0.29) is 17.9 Å². The Bertz CT molecular complexity index is 1300. The lowest BCUT2D eigenvalue weighted by Crippen LogP contribution is -2.41. The fraction of sp³-hybridized carbons (Fsp3) is 0.393. The van der Waals surface area contributed by atoms with Crippen molar-refractivity contribution in [1.82, 2.24) is 14.7 Å². The molecule has 1 aromatic heterocycles. The van der Waals surface area contributed by atoms with Gasteiger partial charge < -0.3 is 25.0 Å². The van der Waals surface area contributed by atoms with E-state index in [1.54, 1.807) is 41.1 Å². The fourth-order valence-corrected chi connectivity index (χ4v) is 3.98. The molecule has 2 N–H and O–H groups in total. The highest BCUT2D eigenvalue weighted by molar-refractivity contribution is 6.42. The lowest BCUT2D eigenvalue weighted by molar-refractivity contribution is -0.116. The molecule has 0 radical (unpaired) electrons. The number of aromatic nitrogens is 2. The normalized spacial score (nSPS) is 11.2. The standard InChI is InChI=1S/C28H35Cl2N5O4/c1-7-8-11-34(27(37)31-18-12-20(38-5)15-21(13-18)39-6)17-26(36)32-25-16-24(28(2,3)4)33-35(25)19-9-10-22(29)23(30)14-19/h9-10,12-16H,7-8,11,17H2,1-6H3,(H,31,37)(H,32,36). The topological polar surface area (TPSA) is 97.7 Å². The van der Waals surface area contributed by atoms with Crippen LogP contribution in [0.15, 0.2) is 42.5 Å². The second-order valence-electron chi connectivity index (χ2n) is 10.0. The summed E-state index contributed by atoms with van der Waals surface area (Å²) in [5, 5.41) is 11.3. The number of unbranched alkanes of at least 4 members (excludes halogenated alkanes) is 1. The first-order valence-electron chi connectivity index (χ1n) is 12.6. The molecule has 39 heavy (non-hydrogen) atoms. The Balaban J connectivity index is 1.84. The Morgan fingerprint density at radius 3 is 2.21 bits per heavy atom. The number of ether oxygens (including phenoxy) is 2. The Labute approximate surface area is 239 Å². The molecule has 0 aliphatic rings. The SMILES string of the molecule is CCCCN(CC(=O)Nc1cc(C(C)(C)C)nn1-c1ccc(Cl)c(Cl)c1)C(=O)Nc1cc(OC)cc(OC)c1. The van der Waals surface area contributed by atoms with Crippen LogP contribution in [0.5, 0.6) is 11.5 Å².